The van der Waals surface area contributed by atoms with Crippen molar-refractivity contribution in [3.8, 4) is 11.8 Å². The Kier molecular flexibility index (Phi) is 4.49. The molecule has 7 heteroatoms. The number of nitriles is 1. The molecule has 0 fully saturated rings. The number of carbonyl (C=O) groups is 1. The van der Waals surface area contributed by atoms with Gasteiger partial charge in [-0.1, -0.05) is 17.7 Å². The number of amides is 1. The summed E-state index contributed by atoms with van der Waals surface area (Å²) in [6.07, 6.45) is 0. The third kappa shape index (κ3) is 3.27. The summed E-state index contributed by atoms with van der Waals surface area (Å²) in [5, 5.41) is 21.9. The number of halogens is 2. The molecule has 0 saturated heterocycles. The predicted octanol–water partition coefficient (Wildman–Crippen LogP) is 2.96. The molecule has 1 atom stereocenters. The smallest absolute Gasteiger partial charge is 0.248 e. The van der Waals surface area contributed by atoms with E-state index in [1.54, 1.807) is 0 Å². The second-order valence-corrected chi connectivity index (χ2v) is 4.88. The predicted molar refractivity (Wildman–Crippen MR) is 80.0 cm³/mol. The van der Waals surface area contributed by atoms with Crippen LogP contribution in [0.3, 0.4) is 0 Å². The van der Waals surface area contributed by atoms with E-state index in [-0.39, 0.29) is 21.9 Å². The lowest BCUT2D eigenvalue weighted by Crippen LogP contribution is -2.12. The Balaban J connectivity index is 2.30. The molecule has 5 nitrogen and oxygen atoms in total. The van der Waals surface area contributed by atoms with Crippen molar-refractivity contribution in [1.29, 1.82) is 5.26 Å². The molecule has 4 N–H and O–H groups in total. The summed E-state index contributed by atoms with van der Waals surface area (Å²) >= 11 is 5.67. The quantitative estimate of drug-likeness (QED) is 0.806. The van der Waals surface area contributed by atoms with E-state index in [1.807, 2.05) is 6.07 Å². The summed E-state index contributed by atoms with van der Waals surface area (Å²) in [4.78, 5) is 11.0. The maximum absolute atomic E-state index is 13.1. The number of anilines is 1. The first kappa shape index (κ1) is 15.6. The number of nitrogens with zero attached hydrogens (tertiary/aromatic N) is 1. The van der Waals surface area contributed by atoms with Crippen LogP contribution in [0.4, 0.5) is 10.1 Å². The lowest BCUT2D eigenvalue weighted by molar-refractivity contribution is 0.1000. The number of hydrogen-bond donors (Lipinski definition) is 3. The molecular formula is C15H11ClFN3O2. The van der Waals surface area contributed by atoms with Crippen molar-refractivity contribution >= 4 is 23.2 Å². The second kappa shape index (κ2) is 6.33. The van der Waals surface area contributed by atoms with E-state index < -0.39 is 17.8 Å². The van der Waals surface area contributed by atoms with Gasteiger partial charge in [0, 0.05) is 16.8 Å². The zero-order valence-electron chi connectivity index (χ0n) is 11.2. The normalized spacial score (nSPS) is 11.5. The third-order valence-corrected chi connectivity index (χ3v) is 3.28. The molecule has 0 spiro atoms. The SMILES string of the molecule is N#CC(Nc1ccc(F)c(Cl)c1)c1ccc(C(N)=O)cc1O. The number of aromatic hydroxyl groups is 1. The van der Waals surface area contributed by atoms with E-state index in [2.05, 4.69) is 5.32 Å². The van der Waals surface area contributed by atoms with Gasteiger partial charge in [0.15, 0.2) is 0 Å². The molecule has 0 aromatic heterocycles. The molecule has 2 aromatic rings. The van der Waals surface area contributed by atoms with Crippen LogP contribution < -0.4 is 11.1 Å². The van der Waals surface area contributed by atoms with Gasteiger partial charge in [0.25, 0.3) is 0 Å². The molecule has 0 radical (unpaired) electrons. The standard InChI is InChI=1S/C15H11ClFN3O2/c16-11-6-9(2-4-12(11)17)20-13(7-18)10-3-1-8(15(19)22)5-14(10)21/h1-6,13,20-21H,(H2,19,22). The number of nitrogens with one attached hydrogen (secondary N) is 1. The van der Waals surface area contributed by atoms with Crippen molar-refractivity contribution in [2.45, 2.75) is 6.04 Å². The van der Waals surface area contributed by atoms with Gasteiger partial charge in [-0.25, -0.2) is 4.39 Å². The Bertz CT molecular complexity index is 774. The van der Waals surface area contributed by atoms with E-state index in [9.17, 15) is 19.6 Å². The number of benzene rings is 2. The van der Waals surface area contributed by atoms with Gasteiger partial charge in [-0.15, -0.1) is 0 Å². The van der Waals surface area contributed by atoms with Crippen LogP contribution in [0.5, 0.6) is 5.75 Å². The molecule has 1 amide bonds. The minimum atomic E-state index is -0.913. The first-order valence-electron chi connectivity index (χ1n) is 6.16. The van der Waals surface area contributed by atoms with Crippen LogP contribution in [0, 0.1) is 17.1 Å². The Hall–Kier alpha value is -2.78. The molecule has 2 rings (SSSR count). The Morgan fingerprint density at radius 2 is 2.09 bits per heavy atom. The fraction of sp³-hybridized carbons (Fsp3) is 0.0667. The van der Waals surface area contributed by atoms with Crippen molar-refractivity contribution in [1.82, 2.24) is 0 Å². The fourth-order valence-electron chi connectivity index (χ4n) is 1.87. The maximum Gasteiger partial charge on any atom is 0.248 e. The van der Waals surface area contributed by atoms with Crippen molar-refractivity contribution in [2.75, 3.05) is 5.32 Å². The van der Waals surface area contributed by atoms with Crippen LogP contribution in [-0.4, -0.2) is 11.0 Å². The minimum Gasteiger partial charge on any atom is -0.508 e. The van der Waals surface area contributed by atoms with E-state index >= 15 is 0 Å². The summed E-state index contributed by atoms with van der Waals surface area (Å²) in [5.74, 6) is -1.51. The average molecular weight is 320 g/mol. The van der Waals surface area contributed by atoms with Crippen LogP contribution in [0.2, 0.25) is 5.02 Å². The van der Waals surface area contributed by atoms with Gasteiger partial charge >= 0.3 is 0 Å². The van der Waals surface area contributed by atoms with E-state index in [0.717, 1.165) is 6.07 Å². The topological polar surface area (TPSA) is 99.1 Å². The lowest BCUT2D eigenvalue weighted by Gasteiger charge is -2.15. The molecule has 0 aliphatic heterocycles. The largest absolute Gasteiger partial charge is 0.508 e. The van der Waals surface area contributed by atoms with E-state index in [0.29, 0.717) is 5.69 Å². The molecule has 1 unspecified atom stereocenters. The molecule has 112 valence electrons. The summed E-state index contributed by atoms with van der Waals surface area (Å²) in [6.45, 7) is 0. The highest BCUT2D eigenvalue weighted by molar-refractivity contribution is 6.31. The van der Waals surface area contributed by atoms with Crippen LogP contribution in [0.1, 0.15) is 22.0 Å². The van der Waals surface area contributed by atoms with Crippen LogP contribution in [-0.2, 0) is 0 Å². The van der Waals surface area contributed by atoms with Gasteiger partial charge in [0.2, 0.25) is 5.91 Å². The number of primary amides is 1. The summed E-state index contributed by atoms with van der Waals surface area (Å²) in [5.41, 5.74) is 5.91. The summed E-state index contributed by atoms with van der Waals surface area (Å²) in [6, 6.07) is 8.96. The van der Waals surface area contributed by atoms with Crippen molar-refractivity contribution in [3.05, 3.63) is 58.4 Å². The molecule has 22 heavy (non-hydrogen) atoms. The molecule has 0 aliphatic rings. The first-order chi connectivity index (χ1) is 10.4. The highest BCUT2D eigenvalue weighted by Crippen LogP contribution is 2.29. The minimum absolute atomic E-state index is 0.0880. The monoisotopic (exact) mass is 319 g/mol. The van der Waals surface area contributed by atoms with Crippen LogP contribution in [0.15, 0.2) is 36.4 Å². The zero-order valence-corrected chi connectivity index (χ0v) is 11.9. The van der Waals surface area contributed by atoms with Gasteiger partial charge in [0.1, 0.15) is 17.6 Å². The zero-order chi connectivity index (χ0) is 16.3. The van der Waals surface area contributed by atoms with Crippen LogP contribution >= 0.6 is 11.6 Å². The van der Waals surface area contributed by atoms with Gasteiger partial charge in [-0.3, -0.25) is 4.79 Å². The second-order valence-electron chi connectivity index (χ2n) is 4.47. The van der Waals surface area contributed by atoms with Crippen molar-refractivity contribution in [3.63, 3.8) is 0 Å². The van der Waals surface area contributed by atoms with Gasteiger partial charge in [-0.2, -0.15) is 5.26 Å². The summed E-state index contributed by atoms with van der Waals surface area (Å²) in [7, 11) is 0. The number of phenolic OH excluding ortho intramolecular Hbond substituents is 1. The Morgan fingerprint density at radius 1 is 1.36 bits per heavy atom. The lowest BCUT2D eigenvalue weighted by atomic mass is 10.0. The molecular weight excluding hydrogens is 309 g/mol. The highest BCUT2D eigenvalue weighted by atomic mass is 35.5. The van der Waals surface area contributed by atoms with Gasteiger partial charge in [-0.05, 0) is 30.3 Å². The fourth-order valence-corrected chi connectivity index (χ4v) is 2.05. The third-order valence-electron chi connectivity index (χ3n) is 2.99. The maximum atomic E-state index is 13.1. The van der Waals surface area contributed by atoms with E-state index in [1.165, 1.54) is 30.3 Å². The average Bonchev–Trinajstić information content (AvgIpc) is 2.48. The molecule has 0 saturated carbocycles. The molecule has 2 aromatic carbocycles. The number of nitrogens with two attached hydrogens (primary N) is 1. The van der Waals surface area contributed by atoms with Gasteiger partial charge in [0.05, 0.1) is 11.1 Å². The first-order valence-corrected chi connectivity index (χ1v) is 6.54. The molecule has 0 aliphatic carbocycles. The van der Waals surface area contributed by atoms with Crippen LogP contribution in [0.25, 0.3) is 0 Å². The molecule has 0 heterocycles. The van der Waals surface area contributed by atoms with E-state index in [4.69, 9.17) is 17.3 Å². The summed E-state index contributed by atoms with van der Waals surface area (Å²) < 4.78 is 13.1. The molecule has 0 bridgehead atoms. The number of rotatable bonds is 4. The van der Waals surface area contributed by atoms with Crippen molar-refractivity contribution in [2.24, 2.45) is 5.73 Å². The number of carbonyl (C=O) groups excluding carboxylic acids is 1. The Labute approximate surface area is 130 Å². The Morgan fingerprint density at radius 3 is 2.64 bits per heavy atom. The van der Waals surface area contributed by atoms with Gasteiger partial charge < -0.3 is 16.2 Å². The number of phenols is 1. The number of hydrogen-bond acceptors (Lipinski definition) is 4. The highest BCUT2D eigenvalue weighted by Gasteiger charge is 2.16. The van der Waals surface area contributed by atoms with Crippen molar-refractivity contribution < 1.29 is 14.3 Å².